The Balaban J connectivity index is 1.62. The van der Waals surface area contributed by atoms with Gasteiger partial charge in [-0.05, 0) is 18.2 Å². The summed E-state index contributed by atoms with van der Waals surface area (Å²) in [5, 5.41) is 0. The van der Waals surface area contributed by atoms with Gasteiger partial charge in [-0.15, -0.1) is 0 Å². The molecule has 1 aromatic carbocycles. The quantitative estimate of drug-likeness (QED) is 0.871. The molecule has 0 atom stereocenters. The Kier molecular flexibility index (Phi) is 3.51. The first-order valence-corrected chi connectivity index (χ1v) is 6.46. The molecule has 3 rings (SSSR count). The highest BCUT2D eigenvalue weighted by Gasteiger charge is 2.35. The molecule has 1 amide bonds. The number of nitrogens with zero attached hydrogens (tertiary/aromatic N) is 2. The van der Waals surface area contributed by atoms with E-state index in [1.807, 2.05) is 0 Å². The summed E-state index contributed by atoms with van der Waals surface area (Å²) in [6.45, 7) is 0.562. The molecule has 6 heteroatoms. The number of carbonyl (C=O) groups is 1. The zero-order chi connectivity index (χ0) is 14.8. The van der Waals surface area contributed by atoms with Crippen LogP contribution in [0.3, 0.4) is 0 Å². The third-order valence-corrected chi connectivity index (χ3v) is 3.24. The number of rotatable bonds is 3. The van der Waals surface area contributed by atoms with E-state index in [0.717, 1.165) is 12.1 Å². The summed E-state index contributed by atoms with van der Waals surface area (Å²) >= 11 is 0. The molecular formula is C15H12F2N2O2. The molecular weight excluding hydrogens is 278 g/mol. The highest BCUT2D eigenvalue weighted by atomic mass is 19.1. The number of ether oxygens (including phenoxy) is 1. The summed E-state index contributed by atoms with van der Waals surface area (Å²) in [6.07, 6.45) is 1.39. The van der Waals surface area contributed by atoms with Crippen LogP contribution in [0, 0.1) is 11.6 Å². The number of carbonyl (C=O) groups excluding carboxylic acids is 1. The molecule has 1 aliphatic heterocycles. The van der Waals surface area contributed by atoms with Crippen molar-refractivity contribution in [1.82, 2.24) is 9.88 Å². The summed E-state index contributed by atoms with van der Waals surface area (Å²) in [5.74, 6) is -1.90. The Labute approximate surface area is 120 Å². The highest BCUT2D eigenvalue weighted by Crippen LogP contribution is 2.21. The van der Waals surface area contributed by atoms with E-state index in [-0.39, 0.29) is 19.2 Å². The minimum absolute atomic E-state index is 0.210. The van der Waals surface area contributed by atoms with Gasteiger partial charge in [0, 0.05) is 12.3 Å². The molecule has 1 fully saturated rings. The van der Waals surface area contributed by atoms with E-state index < -0.39 is 23.1 Å². The van der Waals surface area contributed by atoms with Gasteiger partial charge in [-0.25, -0.2) is 13.8 Å². The number of benzene rings is 1. The zero-order valence-electron chi connectivity index (χ0n) is 11.0. The van der Waals surface area contributed by atoms with Gasteiger partial charge >= 0.3 is 0 Å². The fourth-order valence-electron chi connectivity index (χ4n) is 2.13. The second-order valence-electron chi connectivity index (χ2n) is 4.71. The van der Waals surface area contributed by atoms with E-state index in [0.29, 0.717) is 5.88 Å². The van der Waals surface area contributed by atoms with E-state index in [9.17, 15) is 13.6 Å². The lowest BCUT2D eigenvalue weighted by atomic mass is 10.1. The molecule has 1 aliphatic rings. The number of aromatic nitrogens is 1. The van der Waals surface area contributed by atoms with E-state index in [1.165, 1.54) is 11.0 Å². The van der Waals surface area contributed by atoms with Crippen LogP contribution in [0.4, 0.5) is 8.78 Å². The van der Waals surface area contributed by atoms with Gasteiger partial charge in [0.1, 0.15) is 23.3 Å². The molecule has 1 aromatic heterocycles. The van der Waals surface area contributed by atoms with Crippen molar-refractivity contribution in [3.8, 4) is 5.88 Å². The van der Waals surface area contributed by atoms with Crippen LogP contribution >= 0.6 is 0 Å². The van der Waals surface area contributed by atoms with Crippen molar-refractivity contribution in [3.05, 3.63) is 59.8 Å². The Hall–Kier alpha value is -2.50. The molecule has 0 bridgehead atoms. The SMILES string of the molecule is O=C(c1c(F)cccc1F)N1CC(Oc2ccccn2)C1. The van der Waals surface area contributed by atoms with Crippen molar-refractivity contribution in [2.45, 2.75) is 6.10 Å². The number of halogens is 2. The maximum absolute atomic E-state index is 13.5. The van der Waals surface area contributed by atoms with Crippen LogP contribution in [0.15, 0.2) is 42.6 Å². The number of hydrogen-bond donors (Lipinski definition) is 0. The molecule has 21 heavy (non-hydrogen) atoms. The van der Waals surface area contributed by atoms with Crippen molar-refractivity contribution >= 4 is 5.91 Å². The van der Waals surface area contributed by atoms with Gasteiger partial charge in [0.15, 0.2) is 0 Å². The summed E-state index contributed by atoms with van der Waals surface area (Å²) in [4.78, 5) is 17.4. The normalized spacial score (nSPS) is 14.7. The van der Waals surface area contributed by atoms with E-state index in [1.54, 1.807) is 24.4 Å². The fourth-order valence-corrected chi connectivity index (χ4v) is 2.13. The van der Waals surface area contributed by atoms with Crippen LogP contribution in [0.25, 0.3) is 0 Å². The second-order valence-corrected chi connectivity index (χ2v) is 4.71. The average molecular weight is 290 g/mol. The minimum Gasteiger partial charge on any atom is -0.471 e. The van der Waals surface area contributed by atoms with Crippen molar-refractivity contribution in [1.29, 1.82) is 0 Å². The maximum Gasteiger partial charge on any atom is 0.260 e. The summed E-state index contributed by atoms with van der Waals surface area (Å²) in [6, 6.07) is 8.63. The van der Waals surface area contributed by atoms with Gasteiger partial charge in [-0.3, -0.25) is 4.79 Å². The van der Waals surface area contributed by atoms with Gasteiger partial charge < -0.3 is 9.64 Å². The highest BCUT2D eigenvalue weighted by molar-refractivity contribution is 5.95. The molecule has 108 valence electrons. The number of amides is 1. The monoisotopic (exact) mass is 290 g/mol. The Bertz CT molecular complexity index is 638. The number of hydrogen-bond acceptors (Lipinski definition) is 3. The molecule has 0 aliphatic carbocycles. The van der Waals surface area contributed by atoms with Gasteiger partial charge in [0.25, 0.3) is 5.91 Å². The van der Waals surface area contributed by atoms with Gasteiger partial charge in [-0.1, -0.05) is 12.1 Å². The zero-order valence-corrected chi connectivity index (χ0v) is 11.0. The van der Waals surface area contributed by atoms with Crippen LogP contribution in [0.5, 0.6) is 5.88 Å². The summed E-state index contributed by atoms with van der Waals surface area (Å²) in [5.41, 5.74) is -0.520. The van der Waals surface area contributed by atoms with E-state index in [2.05, 4.69) is 4.98 Å². The third kappa shape index (κ3) is 2.69. The van der Waals surface area contributed by atoms with Crippen molar-refractivity contribution in [2.75, 3.05) is 13.1 Å². The van der Waals surface area contributed by atoms with Crippen LogP contribution in [0.2, 0.25) is 0 Å². The molecule has 0 spiro atoms. The summed E-state index contributed by atoms with van der Waals surface area (Å²) < 4.78 is 32.6. The van der Waals surface area contributed by atoms with E-state index in [4.69, 9.17) is 4.74 Å². The second kappa shape index (κ2) is 5.47. The molecule has 0 saturated carbocycles. The average Bonchev–Trinajstić information content (AvgIpc) is 2.43. The largest absolute Gasteiger partial charge is 0.471 e. The van der Waals surface area contributed by atoms with E-state index >= 15 is 0 Å². The van der Waals surface area contributed by atoms with Gasteiger partial charge in [0.2, 0.25) is 5.88 Å². The van der Waals surface area contributed by atoms with Crippen LogP contribution in [-0.2, 0) is 0 Å². The molecule has 0 unspecified atom stereocenters. The molecule has 0 radical (unpaired) electrons. The van der Waals surface area contributed by atoms with Crippen molar-refractivity contribution in [3.63, 3.8) is 0 Å². The van der Waals surface area contributed by atoms with Crippen LogP contribution in [-0.4, -0.2) is 35.0 Å². The lowest BCUT2D eigenvalue weighted by Gasteiger charge is -2.38. The topological polar surface area (TPSA) is 42.4 Å². The molecule has 4 nitrogen and oxygen atoms in total. The Morgan fingerprint density at radius 1 is 1.14 bits per heavy atom. The Morgan fingerprint density at radius 2 is 1.86 bits per heavy atom. The molecule has 2 aromatic rings. The lowest BCUT2D eigenvalue weighted by Crippen LogP contribution is -2.56. The summed E-state index contributed by atoms with van der Waals surface area (Å²) in [7, 11) is 0. The molecule has 0 N–H and O–H groups in total. The lowest BCUT2D eigenvalue weighted by molar-refractivity contribution is 0.0153. The van der Waals surface area contributed by atoms with Crippen LogP contribution in [0.1, 0.15) is 10.4 Å². The van der Waals surface area contributed by atoms with Gasteiger partial charge in [-0.2, -0.15) is 0 Å². The first-order valence-electron chi connectivity index (χ1n) is 6.46. The first kappa shape index (κ1) is 13.5. The maximum atomic E-state index is 13.5. The molecule has 2 heterocycles. The predicted molar refractivity (Wildman–Crippen MR) is 70.9 cm³/mol. The number of pyridine rings is 1. The first-order chi connectivity index (χ1) is 10.1. The minimum atomic E-state index is -0.853. The fraction of sp³-hybridized carbons (Fsp3) is 0.200. The third-order valence-electron chi connectivity index (χ3n) is 3.24. The molecule has 1 saturated heterocycles. The van der Waals surface area contributed by atoms with Crippen molar-refractivity contribution < 1.29 is 18.3 Å². The van der Waals surface area contributed by atoms with Crippen LogP contribution < -0.4 is 4.74 Å². The standard InChI is InChI=1S/C15H12F2N2O2/c16-11-4-3-5-12(17)14(11)15(20)19-8-10(9-19)21-13-6-1-2-7-18-13/h1-7,10H,8-9H2. The van der Waals surface area contributed by atoms with Gasteiger partial charge in [0.05, 0.1) is 13.1 Å². The Morgan fingerprint density at radius 3 is 2.48 bits per heavy atom. The number of likely N-dealkylation sites (tertiary alicyclic amines) is 1. The smallest absolute Gasteiger partial charge is 0.260 e. The van der Waals surface area contributed by atoms with Crippen molar-refractivity contribution in [2.24, 2.45) is 0 Å². The predicted octanol–water partition coefficient (Wildman–Crippen LogP) is 2.26.